The number of aliphatic hydroxyl groups excluding tert-OH is 1. The van der Waals surface area contributed by atoms with Crippen molar-refractivity contribution in [1.82, 2.24) is 4.98 Å². The number of ketones is 1. The fraction of sp³-hybridized carbons (Fsp3) is 0.172. The summed E-state index contributed by atoms with van der Waals surface area (Å²) < 4.78 is 10.9. The number of fused-ring (bicyclic) bond motifs is 1. The predicted octanol–water partition coefficient (Wildman–Crippen LogP) is 5.33. The first-order valence-electron chi connectivity index (χ1n) is 11.7. The number of rotatable bonds is 5. The Morgan fingerprint density at radius 3 is 2.26 bits per heavy atom. The number of nitrogens with zero attached hydrogens (tertiary/aromatic N) is 2. The molecule has 2 heterocycles. The van der Waals surface area contributed by atoms with Gasteiger partial charge in [0.05, 0.1) is 41.6 Å². The minimum atomic E-state index is -0.967. The van der Waals surface area contributed by atoms with Crippen LogP contribution in [0.2, 0.25) is 0 Å². The number of esters is 1. The maximum atomic E-state index is 13.5. The number of Topliss-reactive ketones (excluding diaryl/α,β-unsaturated/α-hetero) is 1. The summed E-state index contributed by atoms with van der Waals surface area (Å²) in [5.41, 5.74) is 3.88. The molecule has 0 saturated carbocycles. The van der Waals surface area contributed by atoms with E-state index in [2.05, 4.69) is 0 Å². The third-order valence-corrected chi connectivity index (χ3v) is 7.48. The van der Waals surface area contributed by atoms with Crippen LogP contribution in [-0.4, -0.2) is 42.0 Å². The van der Waals surface area contributed by atoms with E-state index in [4.69, 9.17) is 14.5 Å². The summed E-state index contributed by atoms with van der Waals surface area (Å²) >= 11 is 1.30. The molecule has 9 heteroatoms. The Morgan fingerprint density at radius 2 is 1.63 bits per heavy atom. The number of methoxy groups -OCH3 is 2. The van der Waals surface area contributed by atoms with E-state index in [9.17, 15) is 19.5 Å². The average Bonchev–Trinajstić information content (AvgIpc) is 3.46. The summed E-state index contributed by atoms with van der Waals surface area (Å²) in [5.74, 6) is -1.87. The van der Waals surface area contributed by atoms with Crippen LogP contribution in [0.15, 0.2) is 66.2 Å². The Morgan fingerprint density at radius 1 is 0.974 bits per heavy atom. The third-order valence-electron chi connectivity index (χ3n) is 6.48. The number of anilines is 1. The highest BCUT2D eigenvalue weighted by atomic mass is 32.1. The van der Waals surface area contributed by atoms with Gasteiger partial charge in [0.1, 0.15) is 11.5 Å². The Bertz CT molecular complexity index is 1620. The lowest BCUT2D eigenvalue weighted by Gasteiger charge is -2.23. The number of carbonyl (C=O) groups excluding carboxylic acids is 3. The molecule has 5 rings (SSSR count). The van der Waals surface area contributed by atoms with Crippen molar-refractivity contribution < 1.29 is 29.0 Å². The number of thiazole rings is 1. The van der Waals surface area contributed by atoms with Gasteiger partial charge in [0.2, 0.25) is 0 Å². The first-order valence-corrected chi connectivity index (χ1v) is 12.6. The van der Waals surface area contributed by atoms with Crippen molar-refractivity contribution in [2.75, 3.05) is 19.1 Å². The van der Waals surface area contributed by atoms with Gasteiger partial charge < -0.3 is 14.6 Å². The zero-order chi connectivity index (χ0) is 27.1. The highest BCUT2D eigenvalue weighted by Crippen LogP contribution is 2.44. The van der Waals surface area contributed by atoms with Gasteiger partial charge in [-0.05, 0) is 73.0 Å². The molecule has 3 aromatic carbocycles. The Balaban J connectivity index is 1.71. The van der Waals surface area contributed by atoms with Crippen LogP contribution < -0.4 is 9.64 Å². The number of hydrogen-bond acceptors (Lipinski definition) is 8. The monoisotopic (exact) mass is 528 g/mol. The van der Waals surface area contributed by atoms with Crippen molar-refractivity contribution >= 4 is 50.1 Å². The number of amides is 1. The van der Waals surface area contributed by atoms with Gasteiger partial charge in [0.25, 0.3) is 5.78 Å². The number of hydrogen-bond donors (Lipinski definition) is 1. The fourth-order valence-electron chi connectivity index (χ4n) is 4.63. The maximum absolute atomic E-state index is 13.5. The van der Waals surface area contributed by atoms with Gasteiger partial charge >= 0.3 is 11.9 Å². The molecule has 1 atom stereocenters. The fourth-order valence-corrected chi connectivity index (χ4v) is 5.80. The minimum absolute atomic E-state index is 0.0712. The van der Waals surface area contributed by atoms with Crippen LogP contribution >= 0.6 is 11.3 Å². The van der Waals surface area contributed by atoms with E-state index < -0.39 is 23.7 Å². The van der Waals surface area contributed by atoms with Crippen LogP contribution in [0.4, 0.5) is 5.13 Å². The van der Waals surface area contributed by atoms with E-state index in [1.165, 1.54) is 30.5 Å². The van der Waals surface area contributed by atoms with Gasteiger partial charge in [-0.2, -0.15) is 0 Å². The largest absolute Gasteiger partial charge is 0.507 e. The molecule has 1 aliphatic rings. The molecule has 192 valence electrons. The van der Waals surface area contributed by atoms with E-state index in [0.29, 0.717) is 27.6 Å². The number of benzene rings is 3. The smallest absolute Gasteiger partial charge is 0.337 e. The lowest BCUT2D eigenvalue weighted by Crippen LogP contribution is -2.29. The second-order valence-corrected chi connectivity index (χ2v) is 9.95. The van der Waals surface area contributed by atoms with Gasteiger partial charge in [-0.3, -0.25) is 14.5 Å². The van der Waals surface area contributed by atoms with Crippen molar-refractivity contribution in [3.63, 3.8) is 0 Å². The molecule has 0 bridgehead atoms. The van der Waals surface area contributed by atoms with Gasteiger partial charge in [0.15, 0.2) is 5.13 Å². The van der Waals surface area contributed by atoms with E-state index in [1.807, 2.05) is 26.0 Å². The van der Waals surface area contributed by atoms with Gasteiger partial charge in [-0.1, -0.05) is 29.5 Å². The van der Waals surface area contributed by atoms with Crippen LogP contribution in [0.3, 0.4) is 0 Å². The Kier molecular flexibility index (Phi) is 6.46. The van der Waals surface area contributed by atoms with E-state index in [-0.39, 0.29) is 11.3 Å². The SMILES string of the molecule is COC(=O)c1ccc([C@@H]2/C(=C(\O)c3ccc(OC)cc3)C(=O)C(=O)N2c2nc3c(C)cc(C)cc3s2)cc1. The zero-order valence-electron chi connectivity index (χ0n) is 21.1. The standard InChI is InChI=1S/C29H24N2O6S/c1-15-13-16(2)23-21(14-15)38-29(30-23)31-24(17-5-7-19(8-6-17)28(35)37-4)22(26(33)27(31)34)25(32)18-9-11-20(36-3)12-10-18/h5-14,24,32H,1-4H3/b25-22+/t24-/m1/s1. The average molecular weight is 529 g/mol. The molecule has 1 aliphatic heterocycles. The maximum Gasteiger partial charge on any atom is 0.337 e. The number of ether oxygens (including phenoxy) is 2. The Labute approximate surface area is 222 Å². The van der Waals surface area contributed by atoms with Crippen LogP contribution in [0.5, 0.6) is 5.75 Å². The van der Waals surface area contributed by atoms with Crippen molar-refractivity contribution in [2.45, 2.75) is 19.9 Å². The van der Waals surface area contributed by atoms with Crippen molar-refractivity contribution in [3.8, 4) is 5.75 Å². The van der Waals surface area contributed by atoms with E-state index in [0.717, 1.165) is 21.3 Å². The minimum Gasteiger partial charge on any atom is -0.507 e. The van der Waals surface area contributed by atoms with Gasteiger partial charge in [0, 0.05) is 5.56 Å². The second-order valence-electron chi connectivity index (χ2n) is 8.94. The van der Waals surface area contributed by atoms with Crippen LogP contribution in [0.1, 0.15) is 38.7 Å². The number of carbonyl (C=O) groups is 3. The molecule has 0 radical (unpaired) electrons. The summed E-state index contributed by atoms with van der Waals surface area (Å²) in [4.78, 5) is 45.0. The molecule has 0 spiro atoms. The number of aromatic nitrogens is 1. The molecule has 0 aliphatic carbocycles. The second kappa shape index (κ2) is 9.75. The topological polar surface area (TPSA) is 106 Å². The zero-order valence-corrected chi connectivity index (χ0v) is 22.0. The summed E-state index contributed by atoms with van der Waals surface area (Å²) in [6.07, 6.45) is 0. The highest BCUT2D eigenvalue weighted by Gasteiger charge is 2.48. The van der Waals surface area contributed by atoms with Gasteiger partial charge in [-0.25, -0.2) is 9.78 Å². The van der Waals surface area contributed by atoms with Crippen LogP contribution in [0.25, 0.3) is 16.0 Å². The number of aryl methyl sites for hydroxylation is 2. The molecule has 1 amide bonds. The normalized spacial score (nSPS) is 16.7. The highest BCUT2D eigenvalue weighted by molar-refractivity contribution is 7.22. The predicted molar refractivity (Wildman–Crippen MR) is 145 cm³/mol. The molecule has 8 nitrogen and oxygen atoms in total. The summed E-state index contributed by atoms with van der Waals surface area (Å²) in [6.45, 7) is 3.93. The molecule has 0 unspecified atom stereocenters. The van der Waals surface area contributed by atoms with Crippen molar-refractivity contribution in [3.05, 3.63) is 94.1 Å². The molecule has 4 aromatic rings. The first kappa shape index (κ1) is 25.2. The Hall–Kier alpha value is -4.50. The number of aliphatic hydroxyl groups is 1. The molecule has 1 saturated heterocycles. The summed E-state index contributed by atoms with van der Waals surface area (Å²) in [7, 11) is 2.82. The van der Waals surface area contributed by atoms with Crippen molar-refractivity contribution in [1.29, 1.82) is 0 Å². The molecular formula is C29H24N2O6S. The molecular weight excluding hydrogens is 504 g/mol. The van der Waals surface area contributed by atoms with E-state index in [1.54, 1.807) is 48.5 Å². The summed E-state index contributed by atoms with van der Waals surface area (Å²) in [5, 5.41) is 11.7. The quantitative estimate of drug-likeness (QED) is 0.161. The molecule has 1 aromatic heterocycles. The van der Waals surface area contributed by atoms with E-state index >= 15 is 0 Å². The van der Waals surface area contributed by atoms with Crippen molar-refractivity contribution in [2.24, 2.45) is 0 Å². The lowest BCUT2D eigenvalue weighted by atomic mass is 9.94. The lowest BCUT2D eigenvalue weighted by molar-refractivity contribution is -0.132. The summed E-state index contributed by atoms with van der Waals surface area (Å²) in [6, 6.07) is 16.0. The molecule has 38 heavy (non-hydrogen) atoms. The van der Waals surface area contributed by atoms with Crippen LogP contribution in [-0.2, 0) is 14.3 Å². The molecule has 1 N–H and O–H groups in total. The van der Waals surface area contributed by atoms with Gasteiger partial charge in [-0.15, -0.1) is 0 Å². The molecule has 1 fully saturated rings. The first-order chi connectivity index (χ1) is 18.2. The van der Waals surface area contributed by atoms with Crippen LogP contribution in [0, 0.1) is 13.8 Å². The third kappa shape index (κ3) is 4.20.